The van der Waals surface area contributed by atoms with Crippen molar-refractivity contribution < 1.29 is 8.83 Å². The summed E-state index contributed by atoms with van der Waals surface area (Å²) in [5.74, 6) is 1.40. The van der Waals surface area contributed by atoms with Crippen LogP contribution in [0.25, 0.3) is 76.7 Å². The molecule has 52 heavy (non-hydrogen) atoms. The van der Waals surface area contributed by atoms with E-state index in [0.29, 0.717) is 5.84 Å². The second-order valence-electron chi connectivity index (χ2n) is 13.2. The van der Waals surface area contributed by atoms with Crippen LogP contribution < -0.4 is 5.32 Å². The average molecular weight is 669 g/mol. The first kappa shape index (κ1) is 28.8. The molecule has 11 rings (SSSR count). The molecule has 3 aromatic heterocycles. The zero-order valence-corrected chi connectivity index (χ0v) is 27.7. The summed E-state index contributed by atoms with van der Waals surface area (Å²) in [6.07, 6.45) is 1.40. The van der Waals surface area contributed by atoms with Gasteiger partial charge in [0.2, 0.25) is 0 Å². The van der Waals surface area contributed by atoms with Gasteiger partial charge in [0.1, 0.15) is 34.3 Å². The van der Waals surface area contributed by atoms with Gasteiger partial charge in [0, 0.05) is 49.8 Å². The van der Waals surface area contributed by atoms with E-state index in [-0.39, 0.29) is 0 Å². The molecule has 10 aromatic rings. The van der Waals surface area contributed by atoms with Crippen molar-refractivity contribution in [1.82, 2.24) is 10.3 Å². The number of furan rings is 2. The van der Waals surface area contributed by atoms with Crippen molar-refractivity contribution in [1.29, 1.82) is 0 Å². The maximum Gasteiger partial charge on any atom is 0.159 e. The smallest absolute Gasteiger partial charge is 0.159 e. The van der Waals surface area contributed by atoms with E-state index in [1.54, 1.807) is 0 Å². The highest BCUT2D eigenvalue weighted by Gasteiger charge is 2.27. The van der Waals surface area contributed by atoms with Gasteiger partial charge in [0.25, 0.3) is 0 Å². The first-order valence-electron chi connectivity index (χ1n) is 17.4. The maximum atomic E-state index is 6.51. The molecule has 0 aliphatic carbocycles. The SMILES string of the molecule is c1ccc(C2=NC(c3cccc4oc5ccccc5c34)NC(c3cc4ccccc4cc3-c3cccc4oc5cc6cccnc6cc5c34)=N2)cc1. The van der Waals surface area contributed by atoms with Crippen molar-refractivity contribution in [3.63, 3.8) is 0 Å². The monoisotopic (exact) mass is 668 g/mol. The largest absolute Gasteiger partial charge is 0.456 e. The molecular formula is C46H28N4O2. The van der Waals surface area contributed by atoms with Crippen LogP contribution in [0.15, 0.2) is 177 Å². The highest BCUT2D eigenvalue weighted by atomic mass is 16.3. The molecule has 0 radical (unpaired) electrons. The number of aliphatic imine (C=N–C) groups is 2. The Morgan fingerprint density at radius 1 is 0.500 bits per heavy atom. The molecule has 0 amide bonds. The van der Waals surface area contributed by atoms with Crippen molar-refractivity contribution in [2.24, 2.45) is 9.98 Å². The van der Waals surface area contributed by atoms with Crippen LogP contribution in [0.3, 0.4) is 0 Å². The fraction of sp³-hybridized carbons (Fsp3) is 0.0217. The molecule has 6 nitrogen and oxygen atoms in total. The molecule has 0 fully saturated rings. The third-order valence-corrected chi connectivity index (χ3v) is 10.2. The van der Waals surface area contributed by atoms with Crippen LogP contribution in [0.2, 0.25) is 0 Å². The second-order valence-corrected chi connectivity index (χ2v) is 13.2. The standard InChI is InChI=1S/C46H28N4O2/c1-2-11-27(12-3-1)44-48-45(33-18-9-21-40-43(33)32-16-6-7-19-38(32)51-40)50-46(49-44)35-24-29-14-5-4-13-28(29)23-34(35)31-17-8-20-39-42(31)36-26-37-30(15-10-22-47-37)25-41(36)52-39/h1-26,45H,(H,48,49,50). The van der Waals surface area contributed by atoms with Gasteiger partial charge in [0.15, 0.2) is 5.84 Å². The summed E-state index contributed by atoms with van der Waals surface area (Å²) in [5, 5.41) is 11.3. The summed E-state index contributed by atoms with van der Waals surface area (Å²) in [7, 11) is 0. The molecule has 0 bridgehead atoms. The minimum Gasteiger partial charge on any atom is -0.456 e. The molecule has 0 saturated carbocycles. The molecule has 1 N–H and O–H groups in total. The number of amidine groups is 2. The van der Waals surface area contributed by atoms with Crippen LogP contribution in [0.5, 0.6) is 0 Å². The van der Waals surface area contributed by atoms with Crippen LogP contribution in [-0.2, 0) is 0 Å². The van der Waals surface area contributed by atoms with Crippen LogP contribution in [0.4, 0.5) is 0 Å². The van der Waals surface area contributed by atoms with Gasteiger partial charge in [-0.3, -0.25) is 4.98 Å². The normalized spacial score (nSPS) is 14.7. The number of para-hydroxylation sites is 1. The quantitative estimate of drug-likeness (QED) is 0.202. The van der Waals surface area contributed by atoms with Gasteiger partial charge >= 0.3 is 0 Å². The fourth-order valence-corrected chi connectivity index (χ4v) is 7.77. The van der Waals surface area contributed by atoms with Crippen molar-refractivity contribution >= 4 is 77.2 Å². The van der Waals surface area contributed by atoms with Crippen LogP contribution in [0, 0.1) is 0 Å². The highest BCUT2D eigenvalue weighted by Crippen LogP contribution is 2.41. The first-order valence-corrected chi connectivity index (χ1v) is 17.4. The summed E-state index contributed by atoms with van der Waals surface area (Å²) in [6.45, 7) is 0. The molecule has 0 spiro atoms. The van der Waals surface area contributed by atoms with Gasteiger partial charge in [-0.2, -0.15) is 0 Å². The van der Waals surface area contributed by atoms with E-state index in [9.17, 15) is 0 Å². The van der Waals surface area contributed by atoms with E-state index in [1.807, 2.05) is 66.9 Å². The van der Waals surface area contributed by atoms with Gasteiger partial charge in [-0.15, -0.1) is 0 Å². The molecule has 1 atom stereocenters. The summed E-state index contributed by atoms with van der Waals surface area (Å²) < 4.78 is 12.8. The van der Waals surface area contributed by atoms with E-state index in [4.69, 9.17) is 18.8 Å². The van der Waals surface area contributed by atoms with Gasteiger partial charge in [-0.1, -0.05) is 103 Å². The number of nitrogens with one attached hydrogen (secondary N) is 1. The van der Waals surface area contributed by atoms with E-state index >= 15 is 0 Å². The van der Waals surface area contributed by atoms with E-state index < -0.39 is 6.17 Å². The summed E-state index contributed by atoms with van der Waals surface area (Å²) in [5.41, 5.74) is 9.29. The maximum absolute atomic E-state index is 6.51. The van der Waals surface area contributed by atoms with Crippen molar-refractivity contribution in [2.45, 2.75) is 6.17 Å². The average Bonchev–Trinajstić information content (AvgIpc) is 3.77. The summed E-state index contributed by atoms with van der Waals surface area (Å²) >= 11 is 0. The number of hydrogen-bond donors (Lipinski definition) is 1. The molecule has 1 aliphatic rings. The Labute approximate surface area is 297 Å². The third kappa shape index (κ3) is 4.48. The predicted molar refractivity (Wildman–Crippen MR) is 211 cm³/mol. The Balaban J connectivity index is 1.17. The molecule has 1 aliphatic heterocycles. The molecule has 4 heterocycles. The first-order chi connectivity index (χ1) is 25.7. The van der Waals surface area contributed by atoms with E-state index in [2.05, 4.69) is 101 Å². The Kier molecular flexibility index (Phi) is 6.21. The van der Waals surface area contributed by atoms with Crippen LogP contribution >= 0.6 is 0 Å². The van der Waals surface area contributed by atoms with Gasteiger partial charge in [-0.05, 0) is 70.4 Å². The minimum absolute atomic E-state index is 0.435. The van der Waals surface area contributed by atoms with Crippen molar-refractivity contribution in [3.05, 3.63) is 175 Å². The van der Waals surface area contributed by atoms with Gasteiger partial charge in [0.05, 0.1) is 5.52 Å². The number of hydrogen-bond acceptors (Lipinski definition) is 6. The Bertz CT molecular complexity index is 3120. The Hall–Kier alpha value is -7.05. The lowest BCUT2D eigenvalue weighted by molar-refractivity contribution is 0.662. The number of pyridine rings is 1. The molecule has 0 saturated heterocycles. The summed E-state index contributed by atoms with van der Waals surface area (Å²) in [4.78, 5) is 15.2. The predicted octanol–water partition coefficient (Wildman–Crippen LogP) is 11.3. The third-order valence-electron chi connectivity index (χ3n) is 10.2. The Morgan fingerprint density at radius 3 is 2.10 bits per heavy atom. The second kappa shape index (κ2) is 11.2. The lowest BCUT2D eigenvalue weighted by Crippen LogP contribution is -2.34. The molecular weight excluding hydrogens is 641 g/mol. The molecule has 7 aromatic carbocycles. The highest BCUT2D eigenvalue weighted by molar-refractivity contribution is 6.21. The molecule has 1 unspecified atom stereocenters. The summed E-state index contributed by atoms with van der Waals surface area (Å²) in [6, 6.07) is 52.1. The minimum atomic E-state index is -0.435. The van der Waals surface area contributed by atoms with Crippen LogP contribution in [-0.4, -0.2) is 16.7 Å². The topological polar surface area (TPSA) is 75.9 Å². The zero-order chi connectivity index (χ0) is 34.2. The van der Waals surface area contributed by atoms with E-state index in [0.717, 1.165) is 99.2 Å². The van der Waals surface area contributed by atoms with Crippen molar-refractivity contribution in [2.75, 3.05) is 0 Å². The van der Waals surface area contributed by atoms with Crippen molar-refractivity contribution in [3.8, 4) is 11.1 Å². The number of fused-ring (bicyclic) bond motifs is 8. The molecule has 244 valence electrons. The number of rotatable bonds is 4. The lowest BCUT2D eigenvalue weighted by atomic mass is 9.91. The Morgan fingerprint density at radius 2 is 1.21 bits per heavy atom. The molecule has 6 heteroatoms. The lowest BCUT2D eigenvalue weighted by Gasteiger charge is -2.25. The fourth-order valence-electron chi connectivity index (χ4n) is 7.77. The number of aromatic nitrogens is 1. The number of nitrogens with zero attached hydrogens (tertiary/aromatic N) is 3. The zero-order valence-electron chi connectivity index (χ0n) is 27.7. The van der Waals surface area contributed by atoms with E-state index in [1.165, 1.54) is 0 Å². The number of benzene rings is 7. The van der Waals surface area contributed by atoms with Crippen LogP contribution in [0.1, 0.15) is 22.9 Å². The van der Waals surface area contributed by atoms with Gasteiger partial charge in [-0.25, -0.2) is 9.98 Å². The van der Waals surface area contributed by atoms with Gasteiger partial charge < -0.3 is 14.2 Å².